The average molecular weight is 657 g/mol. The molecule has 47 heavy (non-hydrogen) atoms. The molecule has 6 rings (SSSR count). The fourth-order valence-corrected chi connectivity index (χ4v) is 7.06. The number of tetrazole rings is 1. The van der Waals surface area contributed by atoms with E-state index in [1.54, 1.807) is 12.1 Å². The van der Waals surface area contributed by atoms with Crippen LogP contribution in [0.1, 0.15) is 56.2 Å². The van der Waals surface area contributed by atoms with E-state index in [2.05, 4.69) is 20.7 Å². The van der Waals surface area contributed by atoms with E-state index in [-0.39, 0.29) is 36.9 Å². The summed E-state index contributed by atoms with van der Waals surface area (Å²) in [6.45, 7) is 5.48. The summed E-state index contributed by atoms with van der Waals surface area (Å²) in [4.78, 5) is 30.3. The molecule has 10 nitrogen and oxygen atoms in total. The molecule has 11 heteroatoms. The lowest BCUT2D eigenvalue weighted by Gasteiger charge is -2.51. The third-order valence-corrected chi connectivity index (χ3v) is 9.84. The maximum absolute atomic E-state index is 13.8. The molecule has 246 valence electrons. The Morgan fingerprint density at radius 1 is 1.02 bits per heavy atom. The van der Waals surface area contributed by atoms with Crippen LogP contribution < -0.4 is 5.32 Å². The van der Waals surface area contributed by atoms with Crippen molar-refractivity contribution in [3.8, 4) is 11.4 Å². The first kappa shape index (κ1) is 32.8. The molecule has 1 aromatic heterocycles. The van der Waals surface area contributed by atoms with Gasteiger partial charge < -0.3 is 20.1 Å². The SMILES string of the molecule is CC1(C)CN(C(=O)[C@H]2CCC[C@H]2NC(=O)Cc2cccc(-c3nnn(COCc4ccccc4)n3)c2)CC[C@]1(O)c1ccc(Cl)cc1. The van der Waals surface area contributed by atoms with E-state index in [9.17, 15) is 14.7 Å². The Bertz CT molecular complexity index is 1700. The van der Waals surface area contributed by atoms with Gasteiger partial charge in [0.25, 0.3) is 0 Å². The summed E-state index contributed by atoms with van der Waals surface area (Å²) in [7, 11) is 0. The second kappa shape index (κ2) is 13.9. The van der Waals surface area contributed by atoms with Gasteiger partial charge in [0, 0.05) is 35.1 Å². The van der Waals surface area contributed by atoms with Gasteiger partial charge in [0.15, 0.2) is 6.73 Å². The van der Waals surface area contributed by atoms with Crippen LogP contribution in [0.2, 0.25) is 5.02 Å². The minimum Gasteiger partial charge on any atom is -0.384 e. The quantitative estimate of drug-likeness (QED) is 0.242. The lowest BCUT2D eigenvalue weighted by Crippen LogP contribution is -2.58. The van der Waals surface area contributed by atoms with Crippen LogP contribution in [0.3, 0.4) is 0 Å². The molecule has 0 spiro atoms. The zero-order valence-corrected chi connectivity index (χ0v) is 27.6. The van der Waals surface area contributed by atoms with Gasteiger partial charge >= 0.3 is 0 Å². The predicted molar refractivity (Wildman–Crippen MR) is 178 cm³/mol. The van der Waals surface area contributed by atoms with Crippen LogP contribution in [0.4, 0.5) is 0 Å². The Labute approximate surface area is 280 Å². The van der Waals surface area contributed by atoms with Crippen LogP contribution >= 0.6 is 11.6 Å². The van der Waals surface area contributed by atoms with Crippen molar-refractivity contribution in [2.45, 2.75) is 70.9 Å². The van der Waals surface area contributed by atoms with Crippen molar-refractivity contribution in [3.05, 3.63) is 101 Å². The minimum absolute atomic E-state index is 0.0444. The number of halogens is 1. The van der Waals surface area contributed by atoms with Crippen molar-refractivity contribution in [2.75, 3.05) is 13.1 Å². The molecular weight excluding hydrogens is 616 g/mol. The van der Waals surface area contributed by atoms with E-state index in [0.717, 1.165) is 41.5 Å². The minimum atomic E-state index is -1.08. The number of ether oxygens (including phenoxy) is 1. The number of likely N-dealkylation sites (tertiary alicyclic amines) is 1. The highest BCUT2D eigenvalue weighted by Gasteiger charge is 2.50. The summed E-state index contributed by atoms with van der Waals surface area (Å²) in [6.07, 6.45) is 2.96. The zero-order chi connectivity index (χ0) is 33.0. The highest BCUT2D eigenvalue weighted by Crippen LogP contribution is 2.46. The number of rotatable bonds is 10. The van der Waals surface area contributed by atoms with E-state index < -0.39 is 11.0 Å². The molecule has 0 unspecified atom stereocenters. The van der Waals surface area contributed by atoms with Gasteiger partial charge in [-0.1, -0.05) is 92.5 Å². The maximum atomic E-state index is 13.8. The van der Waals surface area contributed by atoms with Crippen molar-refractivity contribution in [3.63, 3.8) is 0 Å². The Morgan fingerprint density at radius 3 is 2.55 bits per heavy atom. The van der Waals surface area contributed by atoms with Crippen LogP contribution in [-0.2, 0) is 39.7 Å². The summed E-state index contributed by atoms with van der Waals surface area (Å²) in [6, 6.07) is 24.5. The number of nitrogens with zero attached hydrogens (tertiary/aromatic N) is 5. The van der Waals surface area contributed by atoms with Gasteiger partial charge in [0.05, 0.1) is 24.5 Å². The number of nitrogens with one attached hydrogen (secondary N) is 1. The molecule has 1 saturated carbocycles. The van der Waals surface area contributed by atoms with Gasteiger partial charge in [-0.05, 0) is 59.4 Å². The lowest BCUT2D eigenvalue weighted by molar-refractivity contribution is -0.157. The molecule has 1 saturated heterocycles. The molecule has 2 heterocycles. The van der Waals surface area contributed by atoms with Gasteiger partial charge in [-0.15, -0.1) is 15.0 Å². The van der Waals surface area contributed by atoms with Crippen molar-refractivity contribution in [1.82, 2.24) is 30.4 Å². The van der Waals surface area contributed by atoms with Gasteiger partial charge in [-0.3, -0.25) is 9.59 Å². The molecule has 1 aliphatic carbocycles. The number of carbonyl (C=O) groups excluding carboxylic acids is 2. The number of aliphatic hydroxyl groups is 1. The Morgan fingerprint density at radius 2 is 1.79 bits per heavy atom. The van der Waals surface area contributed by atoms with E-state index in [1.807, 2.05) is 85.5 Å². The molecule has 0 radical (unpaired) electrons. The first-order chi connectivity index (χ1) is 22.6. The summed E-state index contributed by atoms with van der Waals surface area (Å²) in [5.41, 5.74) is 1.79. The lowest BCUT2D eigenvalue weighted by atomic mass is 9.66. The van der Waals surface area contributed by atoms with Crippen LogP contribution in [0.15, 0.2) is 78.9 Å². The first-order valence-corrected chi connectivity index (χ1v) is 16.5. The third-order valence-electron chi connectivity index (χ3n) is 9.58. The van der Waals surface area contributed by atoms with Crippen LogP contribution in [0, 0.1) is 11.3 Å². The number of hydrogen-bond donors (Lipinski definition) is 2. The van der Waals surface area contributed by atoms with Crippen molar-refractivity contribution < 1.29 is 19.4 Å². The number of aromatic nitrogens is 4. The third kappa shape index (κ3) is 7.40. The number of amides is 2. The molecular formula is C36H41ClN6O4. The van der Waals surface area contributed by atoms with Crippen molar-refractivity contribution in [1.29, 1.82) is 0 Å². The second-order valence-corrected chi connectivity index (χ2v) is 13.7. The van der Waals surface area contributed by atoms with Gasteiger partial charge in [-0.25, -0.2) is 0 Å². The highest BCUT2D eigenvalue weighted by atomic mass is 35.5. The summed E-state index contributed by atoms with van der Waals surface area (Å²) in [5.74, 6) is 0.0763. The summed E-state index contributed by atoms with van der Waals surface area (Å²) in [5, 5.41) is 28.2. The Hall–Kier alpha value is -4.12. The van der Waals surface area contributed by atoms with Crippen molar-refractivity contribution in [2.24, 2.45) is 11.3 Å². The Kier molecular flexibility index (Phi) is 9.72. The summed E-state index contributed by atoms with van der Waals surface area (Å²) < 4.78 is 5.70. The molecule has 1 aliphatic heterocycles. The van der Waals surface area contributed by atoms with E-state index in [4.69, 9.17) is 16.3 Å². The molecule has 4 aromatic rings. The Balaban J connectivity index is 1.03. The number of hydrogen-bond acceptors (Lipinski definition) is 7. The maximum Gasteiger partial charge on any atom is 0.227 e. The van der Waals surface area contributed by atoms with Crippen LogP contribution in [-0.4, -0.2) is 61.2 Å². The smallest absolute Gasteiger partial charge is 0.227 e. The number of carbonyl (C=O) groups is 2. The molecule has 0 bridgehead atoms. The fraction of sp³-hybridized carbons (Fsp3) is 0.417. The molecule has 3 aromatic carbocycles. The molecule has 2 aliphatic rings. The highest BCUT2D eigenvalue weighted by molar-refractivity contribution is 6.30. The van der Waals surface area contributed by atoms with Gasteiger partial charge in [0.1, 0.15) is 0 Å². The second-order valence-electron chi connectivity index (χ2n) is 13.3. The van der Waals surface area contributed by atoms with Gasteiger partial charge in [-0.2, -0.15) is 0 Å². The number of benzene rings is 3. The molecule has 3 atom stereocenters. The predicted octanol–water partition coefficient (Wildman–Crippen LogP) is 5.14. The monoisotopic (exact) mass is 656 g/mol. The van der Waals surface area contributed by atoms with Crippen LogP contribution in [0.5, 0.6) is 0 Å². The standard InChI is InChI=1S/C36H41ClN6O4/c1-35(2)23-42(19-18-36(35,46)28-14-16-29(37)17-15-28)34(45)30-12-7-13-31(30)38-32(44)21-26-10-6-11-27(20-26)33-39-41-43(40-33)24-47-22-25-8-4-3-5-9-25/h3-6,8-11,14-17,20,30-31,46H,7,12-13,18-19,21-24H2,1-2H3,(H,38,44)/t30-,31+,36-/m0/s1. The van der Waals surface area contributed by atoms with E-state index in [0.29, 0.717) is 37.0 Å². The molecule has 2 fully saturated rings. The van der Waals surface area contributed by atoms with Crippen molar-refractivity contribution >= 4 is 23.4 Å². The van der Waals surface area contributed by atoms with Gasteiger partial charge in [0.2, 0.25) is 17.6 Å². The van der Waals surface area contributed by atoms with Crippen LogP contribution in [0.25, 0.3) is 11.4 Å². The normalized spacial score (nSPS) is 22.3. The van der Waals surface area contributed by atoms with E-state index >= 15 is 0 Å². The topological polar surface area (TPSA) is 122 Å². The zero-order valence-electron chi connectivity index (χ0n) is 26.8. The fourth-order valence-electron chi connectivity index (χ4n) is 6.93. The first-order valence-electron chi connectivity index (χ1n) is 16.2. The molecule has 2 N–H and O–H groups in total. The largest absolute Gasteiger partial charge is 0.384 e. The molecule has 2 amide bonds. The van der Waals surface area contributed by atoms with E-state index in [1.165, 1.54) is 4.80 Å². The average Bonchev–Trinajstić information content (AvgIpc) is 3.73. The number of piperidine rings is 1. The summed E-state index contributed by atoms with van der Waals surface area (Å²) >= 11 is 6.09.